The van der Waals surface area contributed by atoms with Gasteiger partial charge in [-0.05, 0) is 12.8 Å². The fourth-order valence-corrected chi connectivity index (χ4v) is 1.03. The highest BCUT2D eigenvalue weighted by Crippen LogP contribution is 1.97. The van der Waals surface area contributed by atoms with Gasteiger partial charge in [-0.3, -0.25) is 9.48 Å². The quantitative estimate of drug-likeness (QED) is 0.730. The Hall–Kier alpha value is -2.02. The fraction of sp³-hybridized carbons (Fsp3) is 0.273. The lowest BCUT2D eigenvalue weighted by Crippen LogP contribution is -2.21. The molecule has 1 amide bonds. The van der Waals surface area contributed by atoms with Gasteiger partial charge in [-0.15, -0.1) is 0 Å². The molecule has 0 radical (unpaired) electrons. The number of amides is 1. The Bertz CT molecular complexity index is 421. The van der Waals surface area contributed by atoms with Crippen molar-refractivity contribution >= 4 is 12.0 Å². The third-order valence-corrected chi connectivity index (χ3v) is 1.65. The van der Waals surface area contributed by atoms with Crippen molar-refractivity contribution in [3.05, 3.63) is 24.0 Å². The van der Waals surface area contributed by atoms with E-state index in [0.717, 1.165) is 5.56 Å². The van der Waals surface area contributed by atoms with Gasteiger partial charge in [-0.1, -0.05) is 18.1 Å². The SMILES string of the molecule is CC#CC(=O)NC/C=C/c1cnn(C)c1. The lowest BCUT2D eigenvalue weighted by molar-refractivity contribution is -0.115. The molecule has 0 bridgehead atoms. The smallest absolute Gasteiger partial charge is 0.296 e. The van der Waals surface area contributed by atoms with E-state index in [4.69, 9.17) is 0 Å². The standard InChI is InChI=1S/C11H13N3O/c1-3-5-11(15)12-7-4-6-10-8-13-14(2)9-10/h4,6,8-9H,7H2,1-2H3,(H,12,15)/b6-4+. The summed E-state index contributed by atoms with van der Waals surface area (Å²) < 4.78 is 1.72. The fourth-order valence-electron chi connectivity index (χ4n) is 1.03. The number of carbonyl (C=O) groups is 1. The van der Waals surface area contributed by atoms with Crippen LogP contribution in [0.5, 0.6) is 0 Å². The van der Waals surface area contributed by atoms with Crippen molar-refractivity contribution in [1.29, 1.82) is 0 Å². The van der Waals surface area contributed by atoms with Crippen LogP contribution in [0.3, 0.4) is 0 Å². The van der Waals surface area contributed by atoms with E-state index in [1.54, 1.807) is 17.8 Å². The summed E-state index contributed by atoms with van der Waals surface area (Å²) in [4.78, 5) is 10.9. The number of hydrogen-bond acceptors (Lipinski definition) is 2. The summed E-state index contributed by atoms with van der Waals surface area (Å²) in [6.45, 7) is 2.10. The maximum atomic E-state index is 10.9. The number of rotatable bonds is 3. The van der Waals surface area contributed by atoms with Crippen molar-refractivity contribution < 1.29 is 4.79 Å². The van der Waals surface area contributed by atoms with E-state index in [-0.39, 0.29) is 5.91 Å². The summed E-state index contributed by atoms with van der Waals surface area (Å²) in [6, 6.07) is 0. The molecule has 1 N–H and O–H groups in total. The number of hydrogen-bond donors (Lipinski definition) is 1. The largest absolute Gasteiger partial charge is 0.342 e. The second kappa shape index (κ2) is 5.66. The molecule has 4 heteroatoms. The highest BCUT2D eigenvalue weighted by molar-refractivity contribution is 5.93. The van der Waals surface area contributed by atoms with E-state index < -0.39 is 0 Å². The van der Waals surface area contributed by atoms with Crippen LogP contribution < -0.4 is 5.32 Å². The predicted octanol–water partition coefficient (Wildman–Crippen LogP) is 0.573. The topological polar surface area (TPSA) is 46.9 Å². The zero-order valence-corrected chi connectivity index (χ0v) is 8.82. The third-order valence-electron chi connectivity index (χ3n) is 1.65. The molecule has 0 aliphatic heterocycles. The Balaban J connectivity index is 2.33. The predicted molar refractivity (Wildman–Crippen MR) is 58.7 cm³/mol. The van der Waals surface area contributed by atoms with Crippen LogP contribution in [0, 0.1) is 11.8 Å². The molecule has 1 aromatic rings. The average Bonchev–Trinajstić information content (AvgIpc) is 2.60. The normalized spacial score (nSPS) is 9.73. The number of nitrogens with one attached hydrogen (secondary N) is 1. The summed E-state index contributed by atoms with van der Waals surface area (Å²) in [5, 5.41) is 6.65. The second-order valence-corrected chi connectivity index (χ2v) is 2.93. The molecule has 0 saturated heterocycles. The van der Waals surface area contributed by atoms with E-state index >= 15 is 0 Å². The van der Waals surface area contributed by atoms with Crippen molar-refractivity contribution in [3.8, 4) is 11.8 Å². The molecule has 15 heavy (non-hydrogen) atoms. The zero-order chi connectivity index (χ0) is 11.1. The highest BCUT2D eigenvalue weighted by atomic mass is 16.1. The maximum absolute atomic E-state index is 10.9. The van der Waals surface area contributed by atoms with E-state index in [0.29, 0.717) is 6.54 Å². The second-order valence-electron chi connectivity index (χ2n) is 2.93. The molecule has 0 atom stereocenters. The van der Waals surface area contributed by atoms with Crippen molar-refractivity contribution in [2.24, 2.45) is 7.05 Å². The van der Waals surface area contributed by atoms with Gasteiger partial charge in [0.25, 0.3) is 5.91 Å². The minimum Gasteiger partial charge on any atom is -0.342 e. The van der Waals surface area contributed by atoms with Gasteiger partial charge in [0.1, 0.15) is 0 Å². The molecule has 0 saturated carbocycles. The van der Waals surface area contributed by atoms with Gasteiger partial charge in [0.05, 0.1) is 6.20 Å². The lowest BCUT2D eigenvalue weighted by Gasteiger charge is -1.92. The summed E-state index contributed by atoms with van der Waals surface area (Å²) >= 11 is 0. The molecule has 1 aromatic heterocycles. The number of carbonyl (C=O) groups excluding carboxylic acids is 1. The molecule has 0 aromatic carbocycles. The summed E-state index contributed by atoms with van der Waals surface area (Å²) in [5.41, 5.74) is 1.01. The first kappa shape index (κ1) is 11.1. The first-order valence-corrected chi connectivity index (χ1v) is 4.58. The number of aryl methyl sites for hydroxylation is 1. The summed E-state index contributed by atoms with van der Waals surface area (Å²) in [6.07, 6.45) is 7.40. The molecule has 0 unspecified atom stereocenters. The Morgan fingerprint density at radius 3 is 3.13 bits per heavy atom. The van der Waals surface area contributed by atoms with Crippen LogP contribution in [0.4, 0.5) is 0 Å². The van der Waals surface area contributed by atoms with Gasteiger partial charge in [0.15, 0.2) is 0 Å². The van der Waals surface area contributed by atoms with E-state index in [1.807, 2.05) is 25.4 Å². The van der Waals surface area contributed by atoms with Gasteiger partial charge < -0.3 is 5.32 Å². The zero-order valence-electron chi connectivity index (χ0n) is 8.82. The van der Waals surface area contributed by atoms with E-state index in [2.05, 4.69) is 22.3 Å². The molecule has 78 valence electrons. The van der Waals surface area contributed by atoms with Crippen LogP contribution in [0.25, 0.3) is 6.08 Å². The van der Waals surface area contributed by atoms with Gasteiger partial charge in [-0.2, -0.15) is 5.10 Å². The third kappa shape index (κ3) is 4.14. The monoisotopic (exact) mass is 203 g/mol. The Kier molecular flexibility index (Phi) is 4.17. The molecule has 1 rings (SSSR count). The van der Waals surface area contributed by atoms with Crippen LogP contribution in [0.1, 0.15) is 12.5 Å². The van der Waals surface area contributed by atoms with Crippen LogP contribution in [0.15, 0.2) is 18.5 Å². The van der Waals surface area contributed by atoms with Crippen LogP contribution in [0.2, 0.25) is 0 Å². The first-order chi connectivity index (χ1) is 7.22. The van der Waals surface area contributed by atoms with Gasteiger partial charge in [0.2, 0.25) is 0 Å². The Labute approximate surface area is 89.0 Å². The molecule has 0 aliphatic carbocycles. The average molecular weight is 203 g/mol. The molecular formula is C11H13N3O. The highest BCUT2D eigenvalue weighted by Gasteiger charge is 1.91. The molecular weight excluding hydrogens is 190 g/mol. The maximum Gasteiger partial charge on any atom is 0.296 e. The molecule has 1 heterocycles. The molecule has 0 fully saturated rings. The number of aromatic nitrogens is 2. The summed E-state index contributed by atoms with van der Waals surface area (Å²) in [7, 11) is 1.86. The van der Waals surface area contributed by atoms with Gasteiger partial charge >= 0.3 is 0 Å². The Morgan fingerprint density at radius 2 is 2.53 bits per heavy atom. The van der Waals surface area contributed by atoms with Crippen molar-refractivity contribution in [1.82, 2.24) is 15.1 Å². The molecule has 0 aliphatic rings. The van der Waals surface area contributed by atoms with Crippen LogP contribution in [-0.2, 0) is 11.8 Å². The van der Waals surface area contributed by atoms with Crippen LogP contribution >= 0.6 is 0 Å². The van der Waals surface area contributed by atoms with Crippen molar-refractivity contribution in [2.45, 2.75) is 6.92 Å². The van der Waals surface area contributed by atoms with E-state index in [1.165, 1.54) is 0 Å². The summed E-state index contributed by atoms with van der Waals surface area (Å²) in [5.74, 6) is 4.67. The van der Waals surface area contributed by atoms with Crippen LogP contribution in [-0.4, -0.2) is 22.2 Å². The van der Waals surface area contributed by atoms with Crippen molar-refractivity contribution in [2.75, 3.05) is 6.54 Å². The Morgan fingerprint density at radius 1 is 1.73 bits per heavy atom. The number of nitrogens with zero attached hydrogens (tertiary/aromatic N) is 2. The van der Waals surface area contributed by atoms with E-state index in [9.17, 15) is 4.79 Å². The minimum absolute atomic E-state index is 0.256. The molecule has 0 spiro atoms. The van der Waals surface area contributed by atoms with Gasteiger partial charge in [0, 0.05) is 25.4 Å². The first-order valence-electron chi connectivity index (χ1n) is 4.58. The van der Waals surface area contributed by atoms with Crippen molar-refractivity contribution in [3.63, 3.8) is 0 Å². The lowest BCUT2D eigenvalue weighted by atomic mass is 10.3. The van der Waals surface area contributed by atoms with Gasteiger partial charge in [-0.25, -0.2) is 0 Å². The molecule has 4 nitrogen and oxygen atoms in total. The minimum atomic E-state index is -0.256.